The van der Waals surface area contributed by atoms with Gasteiger partial charge in [-0.05, 0) is 0 Å². The van der Waals surface area contributed by atoms with E-state index < -0.39 is 30.5 Å². The summed E-state index contributed by atoms with van der Waals surface area (Å²) in [4.78, 5) is 27.5. The third-order valence-electron chi connectivity index (χ3n) is 3.17. The van der Waals surface area contributed by atoms with Crippen LogP contribution in [0.25, 0.3) is 0 Å². The zero-order chi connectivity index (χ0) is 12.9. The second kappa shape index (κ2) is 3.85. The molecule has 0 aromatic rings. The minimum Gasteiger partial charge on any atom is -0.388 e. The second-order valence-corrected chi connectivity index (χ2v) is 4.30. The summed E-state index contributed by atoms with van der Waals surface area (Å²) < 4.78 is 10.9. The second-order valence-electron chi connectivity index (χ2n) is 4.30. The number of hydrogen-bond acceptors (Lipinski definition) is 6. The Labute approximate surface area is 101 Å². The number of aliphatic hydroxyl groups excluding tert-OH is 1. The lowest BCUT2D eigenvalue weighted by Gasteiger charge is -2.34. The molecule has 0 radical (unpaired) electrons. The molecule has 96 valence electrons. The fourth-order valence-electron chi connectivity index (χ4n) is 2.38. The number of aliphatic hydroxyl groups is 1. The van der Waals surface area contributed by atoms with Crippen molar-refractivity contribution in [2.75, 3.05) is 6.61 Å². The SMILES string of the molecule is N=[N+]=C1C(=O)NC(=O)N2C1OC[C@@H]1CC(O)[C@H]2O1. The first-order valence-corrected chi connectivity index (χ1v) is 5.45. The molecule has 18 heavy (non-hydrogen) atoms. The monoisotopic (exact) mass is 255 g/mol. The van der Waals surface area contributed by atoms with E-state index in [2.05, 4.69) is 4.79 Å². The van der Waals surface area contributed by atoms with E-state index in [1.807, 2.05) is 5.32 Å². The standard InChI is InChI=1S/C9H10N4O5/c10-12-5-6(15)11-9(16)13-7-4(14)1-3(18-7)2-17-8(5)13/h3-4,7-8,10,14H,1-2H2/p+1/t3-,4?,7+,8?/m0/s1. The summed E-state index contributed by atoms with van der Waals surface area (Å²) >= 11 is 0. The zero-order valence-corrected chi connectivity index (χ0v) is 9.20. The molecule has 3 amide bonds. The molecule has 0 aromatic carbocycles. The fraction of sp³-hybridized carbons (Fsp3) is 0.667. The molecule has 9 heteroatoms. The van der Waals surface area contributed by atoms with Crippen molar-refractivity contribution < 1.29 is 29.0 Å². The number of hydrogen-bond donors (Lipinski definition) is 3. The summed E-state index contributed by atoms with van der Waals surface area (Å²) in [7, 11) is 0. The minimum absolute atomic E-state index is 0.133. The number of carbonyl (C=O) groups is 2. The Morgan fingerprint density at radius 3 is 3.00 bits per heavy atom. The normalized spacial score (nSPS) is 38.9. The summed E-state index contributed by atoms with van der Waals surface area (Å²) in [6.07, 6.45) is -2.76. The molecule has 0 aliphatic carbocycles. The van der Waals surface area contributed by atoms with Gasteiger partial charge in [-0.1, -0.05) is 0 Å². The Kier molecular flexibility index (Phi) is 2.42. The zero-order valence-electron chi connectivity index (χ0n) is 9.20. The first-order valence-electron chi connectivity index (χ1n) is 5.45. The van der Waals surface area contributed by atoms with Crippen molar-refractivity contribution in [2.24, 2.45) is 0 Å². The molecule has 3 rings (SSSR count). The number of urea groups is 1. The largest absolute Gasteiger partial charge is 0.454 e. The van der Waals surface area contributed by atoms with Gasteiger partial charge in [-0.25, -0.2) is 4.79 Å². The number of amides is 3. The van der Waals surface area contributed by atoms with Gasteiger partial charge in [0.05, 0.1) is 23.0 Å². The van der Waals surface area contributed by atoms with Crippen molar-refractivity contribution in [3.63, 3.8) is 0 Å². The number of nitrogens with zero attached hydrogens (tertiary/aromatic N) is 2. The van der Waals surface area contributed by atoms with Crippen molar-refractivity contribution in [1.29, 1.82) is 5.53 Å². The summed E-state index contributed by atoms with van der Waals surface area (Å²) in [5.74, 6) is -0.761. The lowest BCUT2D eigenvalue weighted by Crippen LogP contribution is -2.65. The summed E-state index contributed by atoms with van der Waals surface area (Å²) in [5.41, 5.74) is 6.75. The minimum atomic E-state index is -1.08. The molecule has 9 nitrogen and oxygen atoms in total. The first kappa shape index (κ1) is 11.3. The number of ether oxygens (including phenoxy) is 2. The molecule has 3 aliphatic heterocycles. The Bertz CT molecular complexity index is 474. The quantitative estimate of drug-likeness (QED) is 0.342. The highest BCUT2D eigenvalue weighted by molar-refractivity contribution is 6.42. The number of rotatable bonds is 0. The van der Waals surface area contributed by atoms with Gasteiger partial charge in [-0.3, -0.25) is 15.0 Å². The highest BCUT2D eigenvalue weighted by atomic mass is 16.6. The summed E-state index contributed by atoms with van der Waals surface area (Å²) in [6, 6.07) is -0.719. The van der Waals surface area contributed by atoms with Crippen LogP contribution in [-0.4, -0.2) is 63.7 Å². The van der Waals surface area contributed by atoms with Crippen molar-refractivity contribution in [1.82, 2.24) is 10.2 Å². The molecular weight excluding hydrogens is 244 g/mol. The smallest absolute Gasteiger partial charge is 0.388 e. The first-order chi connectivity index (χ1) is 8.61. The van der Waals surface area contributed by atoms with Gasteiger partial charge in [0.2, 0.25) is 0 Å². The summed E-state index contributed by atoms with van der Waals surface area (Å²) in [6.45, 7) is 0.133. The number of imide groups is 1. The molecule has 0 aromatic heterocycles. The maximum atomic E-state index is 11.8. The molecule has 2 bridgehead atoms. The van der Waals surface area contributed by atoms with Crippen LogP contribution in [0.3, 0.4) is 0 Å². The molecule has 3 N–H and O–H groups in total. The van der Waals surface area contributed by atoms with E-state index in [4.69, 9.17) is 15.0 Å². The molecule has 0 saturated carbocycles. The fourth-order valence-corrected chi connectivity index (χ4v) is 2.38. The van der Waals surface area contributed by atoms with E-state index >= 15 is 0 Å². The van der Waals surface area contributed by atoms with Gasteiger partial charge in [0, 0.05) is 6.42 Å². The molecule has 3 fully saturated rings. The maximum absolute atomic E-state index is 11.8. The van der Waals surface area contributed by atoms with Crippen molar-refractivity contribution >= 4 is 17.6 Å². The molecular formula is C9H11N4O5+. The highest BCUT2D eigenvalue weighted by Gasteiger charge is 2.56. The Morgan fingerprint density at radius 1 is 1.50 bits per heavy atom. The van der Waals surface area contributed by atoms with Crippen LogP contribution in [0.5, 0.6) is 0 Å². The maximum Gasteiger partial charge on any atom is 0.454 e. The van der Waals surface area contributed by atoms with Crippen LogP contribution >= 0.6 is 0 Å². The Balaban J connectivity index is 2.02. The van der Waals surface area contributed by atoms with Gasteiger partial charge in [-0.15, -0.1) is 0 Å². The lowest BCUT2D eigenvalue weighted by atomic mass is 10.1. The predicted octanol–water partition coefficient (Wildman–Crippen LogP) is -1.95. The number of carbonyl (C=O) groups excluding carboxylic acids is 2. The Hall–Kier alpha value is -1.80. The number of fused-ring (bicyclic) bond motifs is 4. The van der Waals surface area contributed by atoms with E-state index in [9.17, 15) is 14.7 Å². The van der Waals surface area contributed by atoms with E-state index in [1.54, 1.807) is 0 Å². The molecule has 0 spiro atoms. The van der Waals surface area contributed by atoms with Crippen LogP contribution in [0, 0.1) is 5.53 Å². The highest BCUT2D eigenvalue weighted by Crippen LogP contribution is 2.30. The summed E-state index contributed by atoms with van der Waals surface area (Å²) in [5, 5.41) is 11.9. The molecule has 4 atom stereocenters. The van der Waals surface area contributed by atoms with Gasteiger partial charge in [-0.2, -0.15) is 0 Å². The molecule has 3 aliphatic rings. The van der Waals surface area contributed by atoms with Crippen LogP contribution < -0.4 is 5.32 Å². The third-order valence-corrected chi connectivity index (χ3v) is 3.17. The van der Waals surface area contributed by atoms with Crippen LogP contribution in [-0.2, 0) is 14.3 Å². The average Bonchev–Trinajstić information content (AvgIpc) is 2.56. The van der Waals surface area contributed by atoms with Crippen LogP contribution in [0.1, 0.15) is 6.42 Å². The molecule has 3 saturated heterocycles. The van der Waals surface area contributed by atoms with Gasteiger partial charge >= 0.3 is 17.6 Å². The van der Waals surface area contributed by atoms with E-state index in [1.165, 1.54) is 0 Å². The van der Waals surface area contributed by atoms with E-state index in [-0.39, 0.29) is 18.4 Å². The van der Waals surface area contributed by atoms with Crippen molar-refractivity contribution in [2.45, 2.75) is 31.1 Å². The van der Waals surface area contributed by atoms with Gasteiger partial charge in [0.15, 0.2) is 6.23 Å². The Morgan fingerprint density at radius 2 is 2.28 bits per heavy atom. The van der Waals surface area contributed by atoms with Crippen LogP contribution in [0.2, 0.25) is 0 Å². The van der Waals surface area contributed by atoms with E-state index in [0.29, 0.717) is 6.42 Å². The third kappa shape index (κ3) is 1.46. The average molecular weight is 255 g/mol. The number of nitrogens with one attached hydrogen (secondary N) is 2. The molecule has 3 heterocycles. The lowest BCUT2D eigenvalue weighted by molar-refractivity contribution is -0.160. The van der Waals surface area contributed by atoms with E-state index in [0.717, 1.165) is 4.90 Å². The topological polar surface area (TPSA) is 126 Å². The molecule has 2 unspecified atom stereocenters. The van der Waals surface area contributed by atoms with Crippen molar-refractivity contribution in [3.05, 3.63) is 0 Å². The van der Waals surface area contributed by atoms with Gasteiger partial charge in [0.25, 0.3) is 6.23 Å². The predicted molar refractivity (Wildman–Crippen MR) is 52.4 cm³/mol. The van der Waals surface area contributed by atoms with Gasteiger partial charge in [0.1, 0.15) is 6.10 Å². The van der Waals surface area contributed by atoms with Gasteiger partial charge < -0.3 is 14.6 Å². The van der Waals surface area contributed by atoms with Crippen molar-refractivity contribution in [3.8, 4) is 0 Å². The van der Waals surface area contributed by atoms with Crippen LogP contribution in [0.4, 0.5) is 4.79 Å². The van der Waals surface area contributed by atoms with Crippen LogP contribution in [0.15, 0.2) is 0 Å².